The first kappa shape index (κ1) is 21.3. The molecule has 0 saturated heterocycles. The van der Waals surface area contributed by atoms with Gasteiger partial charge in [0.1, 0.15) is 21.7 Å². The number of fused-ring (bicyclic) bond motifs is 1. The lowest BCUT2D eigenvalue weighted by Crippen LogP contribution is -3.00. The van der Waals surface area contributed by atoms with E-state index in [2.05, 4.69) is 36.4 Å². The van der Waals surface area contributed by atoms with E-state index in [1.54, 1.807) is 6.07 Å². The Morgan fingerprint density at radius 1 is 0.677 bits per heavy atom. The quantitative estimate of drug-likeness (QED) is 0.349. The molecular formula is C26H20BrO3P. The molecule has 0 bridgehead atoms. The molecule has 4 aromatic carbocycles. The Morgan fingerprint density at radius 2 is 1.13 bits per heavy atom. The highest BCUT2D eigenvalue weighted by Crippen LogP contribution is 2.69. The van der Waals surface area contributed by atoms with E-state index in [1.165, 1.54) is 6.07 Å². The van der Waals surface area contributed by atoms with E-state index in [-0.39, 0.29) is 22.7 Å². The first-order chi connectivity index (χ1) is 14.7. The molecule has 1 aliphatic rings. The van der Waals surface area contributed by atoms with Crippen LogP contribution in [0.25, 0.3) is 0 Å². The number of rotatable bonds is 4. The molecule has 0 aromatic heterocycles. The molecule has 4 aromatic rings. The van der Waals surface area contributed by atoms with Crippen LogP contribution in [0, 0.1) is 0 Å². The van der Waals surface area contributed by atoms with Crippen molar-refractivity contribution in [3.05, 3.63) is 120 Å². The van der Waals surface area contributed by atoms with Gasteiger partial charge in [0, 0.05) is 5.56 Å². The van der Waals surface area contributed by atoms with E-state index in [1.807, 2.05) is 60.7 Å². The average molecular weight is 491 g/mol. The Kier molecular flexibility index (Phi) is 5.95. The van der Waals surface area contributed by atoms with Crippen molar-refractivity contribution < 1.29 is 31.6 Å². The highest BCUT2D eigenvalue weighted by molar-refractivity contribution is 7.95. The molecule has 1 aliphatic heterocycles. The van der Waals surface area contributed by atoms with Gasteiger partial charge in [0.15, 0.2) is 7.26 Å². The summed E-state index contributed by atoms with van der Waals surface area (Å²) in [6, 6.07) is 35.9. The third-order valence-electron chi connectivity index (χ3n) is 5.58. The maximum Gasteiger partial charge on any atom is 0.342 e. The normalized spacial score (nSPS) is 15.0. The van der Waals surface area contributed by atoms with Crippen molar-refractivity contribution in [3.8, 4) is 5.75 Å². The van der Waals surface area contributed by atoms with Crippen LogP contribution in [0.1, 0.15) is 21.8 Å². The minimum Gasteiger partial charge on any atom is -1.00 e. The highest BCUT2D eigenvalue weighted by Gasteiger charge is 2.58. The van der Waals surface area contributed by atoms with Gasteiger partial charge in [0.25, 0.3) is 0 Å². The number of benzene rings is 4. The Bertz CT molecular complexity index is 1100. The zero-order valence-corrected chi connectivity index (χ0v) is 19.0. The van der Waals surface area contributed by atoms with Gasteiger partial charge in [0.05, 0.1) is 5.56 Å². The van der Waals surface area contributed by atoms with Gasteiger partial charge in [-0.05, 0) is 54.6 Å². The summed E-state index contributed by atoms with van der Waals surface area (Å²) in [5.41, 5.74) is 1.26. The third kappa shape index (κ3) is 3.46. The molecule has 5 rings (SSSR count). The summed E-state index contributed by atoms with van der Waals surface area (Å²) in [5.74, 6) is -0.791. The number of hydrogen-bond donors (Lipinski definition) is 1. The lowest BCUT2D eigenvalue weighted by Gasteiger charge is -2.31. The summed E-state index contributed by atoms with van der Waals surface area (Å²) in [6.45, 7) is 0. The molecule has 1 unspecified atom stereocenters. The van der Waals surface area contributed by atoms with Crippen molar-refractivity contribution in [2.24, 2.45) is 0 Å². The first-order valence-corrected chi connectivity index (χ1v) is 11.7. The summed E-state index contributed by atoms with van der Waals surface area (Å²) in [7, 11) is -2.41. The highest BCUT2D eigenvalue weighted by atomic mass is 79.9. The van der Waals surface area contributed by atoms with Crippen molar-refractivity contribution in [2.75, 3.05) is 0 Å². The number of esters is 1. The molecule has 1 atom stereocenters. The molecule has 31 heavy (non-hydrogen) atoms. The standard InChI is InChI=1S/C26H19O3P.BrH/c27-19-16-17-23-24(18-19)25(28)29-26(23)30(20-10-4-1-5-11-20,21-12-6-2-7-13-21)22-14-8-3-9-15-22;/h1-18,26H;1H. The number of carbonyl (C=O) groups excluding carboxylic acids is 1. The predicted molar refractivity (Wildman–Crippen MR) is 121 cm³/mol. The maximum atomic E-state index is 12.9. The second kappa shape index (κ2) is 8.66. The van der Waals surface area contributed by atoms with E-state index >= 15 is 0 Å². The average Bonchev–Trinajstić information content (AvgIpc) is 3.12. The molecule has 0 amide bonds. The van der Waals surface area contributed by atoms with Gasteiger partial charge in [-0.15, -0.1) is 0 Å². The molecule has 3 nitrogen and oxygen atoms in total. The van der Waals surface area contributed by atoms with Crippen LogP contribution in [0.15, 0.2) is 109 Å². The monoisotopic (exact) mass is 490 g/mol. The second-order valence-electron chi connectivity index (χ2n) is 7.26. The molecule has 0 fully saturated rings. The summed E-state index contributed by atoms with van der Waals surface area (Å²) in [5, 5.41) is 13.4. The Morgan fingerprint density at radius 3 is 1.58 bits per heavy atom. The van der Waals surface area contributed by atoms with Crippen LogP contribution in [0.2, 0.25) is 0 Å². The molecule has 1 heterocycles. The van der Waals surface area contributed by atoms with Crippen molar-refractivity contribution in [1.29, 1.82) is 0 Å². The van der Waals surface area contributed by atoms with E-state index < -0.39 is 19.1 Å². The molecule has 154 valence electrons. The van der Waals surface area contributed by atoms with Gasteiger partial charge in [-0.2, -0.15) is 0 Å². The second-order valence-corrected chi connectivity index (χ2v) is 10.7. The lowest BCUT2D eigenvalue weighted by molar-refractivity contribution is -0.0000241. The zero-order valence-electron chi connectivity index (χ0n) is 16.6. The van der Waals surface area contributed by atoms with Crippen LogP contribution in [0.3, 0.4) is 0 Å². The van der Waals surface area contributed by atoms with Crippen LogP contribution in [-0.2, 0) is 4.74 Å². The Balaban J connectivity index is 0.00000231. The van der Waals surface area contributed by atoms with Gasteiger partial charge in [-0.25, -0.2) is 4.79 Å². The zero-order chi connectivity index (χ0) is 20.6. The number of phenols is 1. The first-order valence-electron chi connectivity index (χ1n) is 9.81. The Labute approximate surface area is 192 Å². The minimum absolute atomic E-state index is 0. The maximum absolute atomic E-state index is 12.9. The van der Waals surface area contributed by atoms with Crippen molar-refractivity contribution in [1.82, 2.24) is 0 Å². The SMILES string of the molecule is O=C1OC([P+](c2ccccc2)(c2ccccc2)c2ccccc2)c2ccc(O)cc21.[Br-]. The van der Waals surface area contributed by atoms with Gasteiger partial charge < -0.3 is 26.8 Å². The van der Waals surface area contributed by atoms with Crippen LogP contribution in [0.4, 0.5) is 0 Å². The molecular weight excluding hydrogens is 471 g/mol. The van der Waals surface area contributed by atoms with Crippen molar-refractivity contribution in [2.45, 2.75) is 5.85 Å². The van der Waals surface area contributed by atoms with E-state index in [9.17, 15) is 9.90 Å². The van der Waals surface area contributed by atoms with E-state index in [0.29, 0.717) is 5.56 Å². The van der Waals surface area contributed by atoms with Gasteiger partial charge in [-0.3, -0.25) is 0 Å². The number of aromatic hydroxyl groups is 1. The smallest absolute Gasteiger partial charge is 0.342 e. The molecule has 0 radical (unpaired) electrons. The summed E-state index contributed by atoms with van der Waals surface area (Å²) in [6.07, 6.45) is 0. The predicted octanol–water partition coefficient (Wildman–Crippen LogP) is 1.56. The van der Waals surface area contributed by atoms with Crippen LogP contribution >= 0.6 is 7.26 Å². The van der Waals surface area contributed by atoms with Gasteiger partial charge >= 0.3 is 5.97 Å². The minimum atomic E-state index is -2.41. The molecule has 5 heteroatoms. The number of cyclic esters (lactones) is 1. The number of carbonyl (C=O) groups is 1. The number of hydrogen-bond acceptors (Lipinski definition) is 3. The summed E-state index contributed by atoms with van der Waals surface area (Å²) < 4.78 is 6.11. The molecule has 0 spiro atoms. The number of ether oxygens (including phenoxy) is 1. The fourth-order valence-corrected chi connectivity index (χ4v) is 8.83. The van der Waals surface area contributed by atoms with Crippen LogP contribution < -0.4 is 32.9 Å². The van der Waals surface area contributed by atoms with Gasteiger partial charge in [0.2, 0.25) is 5.85 Å². The number of halogens is 1. The van der Waals surface area contributed by atoms with Crippen LogP contribution in [0.5, 0.6) is 5.75 Å². The topological polar surface area (TPSA) is 46.5 Å². The molecule has 0 aliphatic carbocycles. The third-order valence-corrected chi connectivity index (χ3v) is 10.0. The summed E-state index contributed by atoms with van der Waals surface area (Å²) in [4.78, 5) is 12.9. The van der Waals surface area contributed by atoms with Crippen LogP contribution in [-0.4, -0.2) is 11.1 Å². The molecule has 0 saturated carbocycles. The van der Waals surface area contributed by atoms with Gasteiger partial charge in [-0.1, -0.05) is 54.6 Å². The van der Waals surface area contributed by atoms with Crippen molar-refractivity contribution in [3.63, 3.8) is 0 Å². The number of phenolic OH excluding ortho intramolecular Hbond substituents is 1. The fourth-order valence-electron chi connectivity index (χ4n) is 4.30. The fraction of sp³-hybridized carbons (Fsp3) is 0.0385. The van der Waals surface area contributed by atoms with E-state index in [0.717, 1.165) is 21.5 Å². The van der Waals surface area contributed by atoms with E-state index in [4.69, 9.17) is 4.74 Å². The lowest BCUT2D eigenvalue weighted by atomic mass is 10.1. The Hall–Kier alpha value is -2.94. The molecule has 1 N–H and O–H groups in total. The summed E-state index contributed by atoms with van der Waals surface area (Å²) >= 11 is 0. The van der Waals surface area contributed by atoms with Crippen molar-refractivity contribution >= 4 is 29.1 Å². The largest absolute Gasteiger partial charge is 1.00 e.